The molecule has 0 bridgehead atoms. The quantitative estimate of drug-likeness (QED) is 0.602. The van der Waals surface area contributed by atoms with Crippen molar-refractivity contribution in [2.45, 2.75) is 41.0 Å². The average Bonchev–Trinajstić information content (AvgIpc) is 3.08. The van der Waals surface area contributed by atoms with Crippen molar-refractivity contribution in [2.75, 3.05) is 5.32 Å². The number of nitrogens with one attached hydrogen (secondary N) is 2. The van der Waals surface area contributed by atoms with Gasteiger partial charge in [0.05, 0.1) is 11.3 Å². The Kier molecular flexibility index (Phi) is 6.32. The summed E-state index contributed by atoms with van der Waals surface area (Å²) in [6.45, 7) is 9.49. The van der Waals surface area contributed by atoms with Crippen LogP contribution >= 0.6 is 11.3 Å². The fourth-order valence-electron chi connectivity index (χ4n) is 2.06. The largest absolute Gasteiger partial charge is 0.326 e. The molecule has 1 heterocycles. The molecule has 1 aromatic carbocycles. The van der Waals surface area contributed by atoms with Gasteiger partial charge in [0, 0.05) is 21.4 Å². The second kappa shape index (κ2) is 8.27. The van der Waals surface area contributed by atoms with E-state index in [1.807, 2.05) is 63.4 Å². The van der Waals surface area contributed by atoms with Gasteiger partial charge < -0.3 is 5.32 Å². The molecular formula is C20H25N3O2S. The van der Waals surface area contributed by atoms with Gasteiger partial charge in [0.2, 0.25) is 5.91 Å². The van der Waals surface area contributed by atoms with E-state index in [1.54, 1.807) is 11.3 Å². The molecule has 26 heavy (non-hydrogen) atoms. The number of hydrogen-bond donors (Lipinski definition) is 2. The van der Waals surface area contributed by atoms with Crippen molar-refractivity contribution in [1.29, 1.82) is 0 Å². The third kappa shape index (κ3) is 5.26. The summed E-state index contributed by atoms with van der Waals surface area (Å²) in [5, 5.41) is 8.89. The number of hydrogen-bond acceptors (Lipinski definition) is 4. The summed E-state index contributed by atoms with van der Waals surface area (Å²) >= 11 is 1.57. The Morgan fingerprint density at radius 2 is 1.77 bits per heavy atom. The normalized spacial score (nSPS) is 12.0. The number of benzene rings is 1. The average molecular weight is 372 g/mol. The van der Waals surface area contributed by atoms with Crippen LogP contribution in [0.1, 0.15) is 55.4 Å². The number of aryl methyl sites for hydroxylation is 1. The van der Waals surface area contributed by atoms with Gasteiger partial charge >= 0.3 is 0 Å². The van der Waals surface area contributed by atoms with Crippen LogP contribution in [0.5, 0.6) is 0 Å². The van der Waals surface area contributed by atoms with E-state index in [-0.39, 0.29) is 11.8 Å². The van der Waals surface area contributed by atoms with Crippen LogP contribution < -0.4 is 10.7 Å². The summed E-state index contributed by atoms with van der Waals surface area (Å²) in [4.78, 5) is 25.3. The number of anilines is 1. The molecule has 1 aromatic heterocycles. The van der Waals surface area contributed by atoms with Crippen molar-refractivity contribution in [3.63, 3.8) is 0 Å². The first kappa shape index (κ1) is 19.8. The second-order valence-corrected chi connectivity index (χ2v) is 8.07. The molecular weight excluding hydrogens is 346 g/mol. The van der Waals surface area contributed by atoms with E-state index in [2.05, 4.69) is 22.8 Å². The molecule has 0 aliphatic rings. The third-order valence-electron chi connectivity index (χ3n) is 3.83. The van der Waals surface area contributed by atoms with E-state index in [4.69, 9.17) is 0 Å². The van der Waals surface area contributed by atoms with Gasteiger partial charge in [-0.05, 0) is 37.1 Å². The van der Waals surface area contributed by atoms with Gasteiger partial charge in [0.15, 0.2) is 0 Å². The van der Waals surface area contributed by atoms with Crippen LogP contribution in [0.25, 0.3) is 0 Å². The van der Waals surface area contributed by atoms with Crippen LogP contribution in [0.2, 0.25) is 0 Å². The topological polar surface area (TPSA) is 70.6 Å². The van der Waals surface area contributed by atoms with Crippen molar-refractivity contribution in [3.05, 3.63) is 51.7 Å². The fourth-order valence-corrected chi connectivity index (χ4v) is 2.88. The molecule has 0 unspecified atom stereocenters. The molecule has 5 nitrogen and oxygen atoms in total. The lowest BCUT2D eigenvalue weighted by Crippen LogP contribution is -2.27. The highest BCUT2D eigenvalue weighted by Crippen LogP contribution is 2.18. The standard InChI is InChI=1S/C20H25N3O2S/c1-6-17-11-15(12-26-17)18(24)23-22-13(2)14-7-9-16(10-8-14)21-19(25)20(3,4)5/h7-12H,6H2,1-5H3,(H,21,25)(H,23,24)/b22-13-. The smallest absolute Gasteiger partial charge is 0.272 e. The lowest BCUT2D eigenvalue weighted by molar-refractivity contribution is -0.123. The second-order valence-electron chi connectivity index (χ2n) is 7.07. The predicted octanol–water partition coefficient (Wildman–Crippen LogP) is 4.45. The van der Waals surface area contributed by atoms with Crippen molar-refractivity contribution < 1.29 is 9.59 Å². The maximum Gasteiger partial charge on any atom is 0.272 e. The molecule has 6 heteroatoms. The zero-order valence-electron chi connectivity index (χ0n) is 15.8. The van der Waals surface area contributed by atoms with Gasteiger partial charge in [0.25, 0.3) is 5.91 Å². The molecule has 2 rings (SSSR count). The van der Waals surface area contributed by atoms with Gasteiger partial charge in [-0.1, -0.05) is 39.8 Å². The van der Waals surface area contributed by atoms with Gasteiger partial charge in [-0.15, -0.1) is 11.3 Å². The molecule has 0 aliphatic heterocycles. The lowest BCUT2D eigenvalue weighted by Gasteiger charge is -2.17. The molecule has 2 N–H and O–H groups in total. The number of amides is 2. The number of rotatable bonds is 5. The van der Waals surface area contributed by atoms with Gasteiger partial charge in [-0.3, -0.25) is 9.59 Å². The molecule has 0 spiro atoms. The van der Waals surface area contributed by atoms with Crippen LogP contribution in [-0.4, -0.2) is 17.5 Å². The lowest BCUT2D eigenvalue weighted by atomic mass is 9.95. The Bertz CT molecular complexity index is 814. The maximum absolute atomic E-state index is 12.1. The minimum atomic E-state index is -0.445. The number of thiophene rings is 1. The molecule has 138 valence electrons. The first-order valence-electron chi connectivity index (χ1n) is 8.54. The van der Waals surface area contributed by atoms with E-state index < -0.39 is 5.41 Å². The molecule has 2 amide bonds. The van der Waals surface area contributed by atoms with E-state index in [9.17, 15) is 9.59 Å². The Hall–Kier alpha value is -2.47. The summed E-state index contributed by atoms with van der Waals surface area (Å²) in [7, 11) is 0. The van der Waals surface area contributed by atoms with Gasteiger partial charge in [-0.25, -0.2) is 5.43 Å². The van der Waals surface area contributed by atoms with Crippen LogP contribution in [0.3, 0.4) is 0 Å². The van der Waals surface area contributed by atoms with Crippen LogP contribution in [-0.2, 0) is 11.2 Å². The minimum Gasteiger partial charge on any atom is -0.326 e. The molecule has 0 fully saturated rings. The highest BCUT2D eigenvalue weighted by Gasteiger charge is 2.21. The molecule has 0 saturated heterocycles. The van der Waals surface area contributed by atoms with Crippen LogP contribution in [0.4, 0.5) is 5.69 Å². The highest BCUT2D eigenvalue weighted by atomic mass is 32.1. The SMILES string of the molecule is CCc1cc(C(=O)N/N=C(/C)c2ccc(NC(=O)C(C)(C)C)cc2)cs1. The first-order chi connectivity index (χ1) is 12.2. The molecule has 2 aromatic rings. The fraction of sp³-hybridized carbons (Fsp3) is 0.350. The van der Waals surface area contributed by atoms with Gasteiger partial charge in [0.1, 0.15) is 0 Å². The third-order valence-corrected chi connectivity index (χ3v) is 4.91. The summed E-state index contributed by atoms with van der Waals surface area (Å²) in [5.41, 5.74) is 5.07. The summed E-state index contributed by atoms with van der Waals surface area (Å²) in [6.07, 6.45) is 0.915. The Morgan fingerprint density at radius 1 is 1.12 bits per heavy atom. The first-order valence-corrected chi connectivity index (χ1v) is 9.42. The Morgan fingerprint density at radius 3 is 2.31 bits per heavy atom. The molecule has 0 saturated carbocycles. The summed E-state index contributed by atoms with van der Waals surface area (Å²) < 4.78 is 0. The zero-order chi connectivity index (χ0) is 19.3. The molecule has 0 radical (unpaired) electrons. The van der Waals surface area contributed by atoms with Crippen molar-refractivity contribution in [2.24, 2.45) is 10.5 Å². The summed E-state index contributed by atoms with van der Waals surface area (Å²) in [5.74, 6) is -0.250. The van der Waals surface area contributed by atoms with E-state index >= 15 is 0 Å². The molecule has 0 atom stereocenters. The number of hydrazone groups is 1. The van der Waals surface area contributed by atoms with Crippen LogP contribution in [0, 0.1) is 5.41 Å². The molecule has 0 aliphatic carbocycles. The van der Waals surface area contributed by atoms with Crippen LogP contribution in [0.15, 0.2) is 40.8 Å². The number of nitrogens with zero attached hydrogens (tertiary/aromatic N) is 1. The van der Waals surface area contributed by atoms with Crippen molar-refractivity contribution >= 4 is 34.6 Å². The van der Waals surface area contributed by atoms with Gasteiger partial charge in [-0.2, -0.15) is 5.10 Å². The Labute approximate surface area is 158 Å². The monoisotopic (exact) mass is 371 g/mol. The zero-order valence-corrected chi connectivity index (χ0v) is 16.7. The van der Waals surface area contributed by atoms with E-state index in [0.29, 0.717) is 11.3 Å². The maximum atomic E-state index is 12.1. The summed E-state index contributed by atoms with van der Waals surface area (Å²) in [6, 6.07) is 9.27. The Balaban J connectivity index is 2.00. The number of carbonyl (C=O) groups excluding carboxylic acids is 2. The van der Waals surface area contributed by atoms with Crippen molar-refractivity contribution in [3.8, 4) is 0 Å². The highest BCUT2D eigenvalue weighted by molar-refractivity contribution is 7.10. The van der Waals surface area contributed by atoms with E-state index in [0.717, 1.165) is 17.7 Å². The predicted molar refractivity (Wildman–Crippen MR) is 108 cm³/mol. The van der Waals surface area contributed by atoms with Crippen molar-refractivity contribution in [1.82, 2.24) is 5.43 Å². The minimum absolute atomic E-state index is 0.0369. The van der Waals surface area contributed by atoms with E-state index in [1.165, 1.54) is 4.88 Å². The number of carbonyl (C=O) groups is 2.